The lowest BCUT2D eigenvalue weighted by molar-refractivity contribution is -0.146. The first-order valence-electron chi connectivity index (χ1n) is 6.70. The third kappa shape index (κ3) is 2.19. The van der Waals surface area contributed by atoms with Crippen molar-refractivity contribution >= 4 is 5.97 Å². The Labute approximate surface area is 112 Å². The van der Waals surface area contributed by atoms with Crippen molar-refractivity contribution in [1.29, 1.82) is 0 Å². The Morgan fingerprint density at radius 3 is 3.11 bits per heavy atom. The standard InChI is InChI=1S/C14H18N2O3/c1-2-18-14(17)13-10-7-8-19-11-6-4-3-5-9(11)12(10)15-16-13/h3-6,10,12-13,15-16H,2,7-8H2,1H3. The maximum atomic E-state index is 12.0. The fourth-order valence-corrected chi connectivity index (χ4v) is 2.87. The highest BCUT2D eigenvalue weighted by atomic mass is 16.5. The van der Waals surface area contributed by atoms with Gasteiger partial charge in [-0.25, -0.2) is 10.9 Å². The molecule has 5 heteroatoms. The molecule has 0 bridgehead atoms. The lowest BCUT2D eigenvalue weighted by atomic mass is 9.87. The second kappa shape index (κ2) is 5.19. The molecule has 2 aliphatic rings. The minimum absolute atomic E-state index is 0.0908. The van der Waals surface area contributed by atoms with Gasteiger partial charge in [-0.3, -0.25) is 4.79 Å². The van der Waals surface area contributed by atoms with Gasteiger partial charge in [-0.15, -0.1) is 0 Å². The van der Waals surface area contributed by atoms with Crippen LogP contribution >= 0.6 is 0 Å². The number of carbonyl (C=O) groups excluding carboxylic acids is 1. The fraction of sp³-hybridized carbons (Fsp3) is 0.500. The topological polar surface area (TPSA) is 59.6 Å². The number of esters is 1. The molecule has 1 fully saturated rings. The van der Waals surface area contributed by atoms with E-state index < -0.39 is 0 Å². The van der Waals surface area contributed by atoms with Gasteiger partial charge in [0.25, 0.3) is 0 Å². The SMILES string of the molecule is CCOC(=O)C1NNC2c3ccccc3OCCC12. The highest BCUT2D eigenvalue weighted by Gasteiger charge is 2.43. The second-order valence-electron chi connectivity index (χ2n) is 4.83. The van der Waals surface area contributed by atoms with Gasteiger partial charge in [0, 0.05) is 11.5 Å². The summed E-state index contributed by atoms with van der Waals surface area (Å²) in [7, 11) is 0. The zero-order valence-corrected chi connectivity index (χ0v) is 10.9. The van der Waals surface area contributed by atoms with Crippen LogP contribution in [0.3, 0.4) is 0 Å². The third-order valence-electron chi connectivity index (χ3n) is 3.75. The van der Waals surface area contributed by atoms with E-state index in [0.717, 1.165) is 17.7 Å². The van der Waals surface area contributed by atoms with Gasteiger partial charge in [-0.2, -0.15) is 0 Å². The zero-order chi connectivity index (χ0) is 13.2. The molecule has 0 radical (unpaired) electrons. The summed E-state index contributed by atoms with van der Waals surface area (Å²) in [6.07, 6.45) is 0.822. The predicted octanol–water partition coefficient (Wildman–Crippen LogP) is 1.17. The average Bonchev–Trinajstić information content (AvgIpc) is 2.75. The van der Waals surface area contributed by atoms with E-state index in [9.17, 15) is 4.79 Å². The van der Waals surface area contributed by atoms with Crippen molar-refractivity contribution in [3.05, 3.63) is 29.8 Å². The van der Waals surface area contributed by atoms with Crippen LogP contribution in [0, 0.1) is 5.92 Å². The van der Waals surface area contributed by atoms with Crippen LogP contribution in [0.15, 0.2) is 24.3 Å². The van der Waals surface area contributed by atoms with Crippen molar-refractivity contribution in [2.75, 3.05) is 13.2 Å². The van der Waals surface area contributed by atoms with Crippen LogP contribution in [0.4, 0.5) is 0 Å². The first-order chi connectivity index (χ1) is 9.31. The number of fused-ring (bicyclic) bond motifs is 3. The molecule has 2 N–H and O–H groups in total. The van der Waals surface area contributed by atoms with Crippen molar-refractivity contribution in [2.24, 2.45) is 5.92 Å². The van der Waals surface area contributed by atoms with Crippen molar-refractivity contribution in [1.82, 2.24) is 10.9 Å². The van der Waals surface area contributed by atoms with Crippen LogP contribution in [0.5, 0.6) is 5.75 Å². The molecule has 3 rings (SSSR count). The maximum Gasteiger partial charge on any atom is 0.324 e. The van der Waals surface area contributed by atoms with E-state index in [0.29, 0.717) is 13.2 Å². The van der Waals surface area contributed by atoms with E-state index in [4.69, 9.17) is 9.47 Å². The smallest absolute Gasteiger partial charge is 0.324 e. The molecule has 3 atom stereocenters. The fourth-order valence-electron chi connectivity index (χ4n) is 2.87. The summed E-state index contributed by atoms with van der Waals surface area (Å²) in [5, 5.41) is 0. The second-order valence-corrected chi connectivity index (χ2v) is 4.83. The van der Waals surface area contributed by atoms with Crippen molar-refractivity contribution < 1.29 is 14.3 Å². The van der Waals surface area contributed by atoms with Gasteiger partial charge < -0.3 is 9.47 Å². The first kappa shape index (κ1) is 12.4. The van der Waals surface area contributed by atoms with Gasteiger partial charge in [-0.1, -0.05) is 18.2 Å². The molecule has 1 saturated heterocycles. The number of benzene rings is 1. The lowest BCUT2D eigenvalue weighted by Gasteiger charge is -2.19. The number of carbonyl (C=O) groups is 1. The van der Waals surface area contributed by atoms with Crippen LogP contribution in [0.2, 0.25) is 0 Å². The summed E-state index contributed by atoms with van der Waals surface area (Å²) in [5.74, 6) is 0.860. The molecular formula is C14H18N2O3. The van der Waals surface area contributed by atoms with Gasteiger partial charge in [0.05, 0.1) is 19.3 Å². The van der Waals surface area contributed by atoms with Crippen molar-refractivity contribution in [3.63, 3.8) is 0 Å². The van der Waals surface area contributed by atoms with E-state index in [2.05, 4.69) is 10.9 Å². The van der Waals surface area contributed by atoms with E-state index >= 15 is 0 Å². The van der Waals surface area contributed by atoms with Gasteiger partial charge in [0.1, 0.15) is 11.8 Å². The largest absolute Gasteiger partial charge is 0.493 e. The highest BCUT2D eigenvalue weighted by Crippen LogP contribution is 2.38. The molecule has 1 aromatic rings. The number of hydrogen-bond donors (Lipinski definition) is 2. The summed E-state index contributed by atoms with van der Waals surface area (Å²) >= 11 is 0. The Balaban J connectivity index is 1.87. The molecule has 1 aromatic carbocycles. The van der Waals surface area contributed by atoms with Gasteiger partial charge >= 0.3 is 5.97 Å². The van der Waals surface area contributed by atoms with E-state index in [1.165, 1.54) is 0 Å². The van der Waals surface area contributed by atoms with Crippen LogP contribution in [-0.4, -0.2) is 25.2 Å². The van der Waals surface area contributed by atoms with E-state index in [1.807, 2.05) is 31.2 Å². The quantitative estimate of drug-likeness (QED) is 0.783. The monoisotopic (exact) mass is 262 g/mol. The van der Waals surface area contributed by atoms with E-state index in [1.54, 1.807) is 0 Å². The molecular weight excluding hydrogens is 244 g/mol. The Kier molecular flexibility index (Phi) is 3.40. The summed E-state index contributed by atoms with van der Waals surface area (Å²) in [6.45, 7) is 2.85. The summed E-state index contributed by atoms with van der Waals surface area (Å²) < 4.78 is 10.9. The molecule has 2 heterocycles. The molecule has 0 aliphatic carbocycles. The van der Waals surface area contributed by atoms with Crippen molar-refractivity contribution in [2.45, 2.75) is 25.4 Å². The van der Waals surface area contributed by atoms with E-state index in [-0.39, 0.29) is 24.0 Å². The molecule has 3 unspecified atom stereocenters. The molecule has 19 heavy (non-hydrogen) atoms. The molecule has 0 saturated carbocycles. The summed E-state index contributed by atoms with van der Waals surface area (Å²) in [6, 6.07) is 7.75. The highest BCUT2D eigenvalue weighted by molar-refractivity contribution is 5.76. The molecule has 5 nitrogen and oxygen atoms in total. The van der Waals surface area contributed by atoms with Crippen LogP contribution in [0.1, 0.15) is 24.9 Å². The summed E-state index contributed by atoms with van der Waals surface area (Å²) in [4.78, 5) is 12.0. The molecule has 0 aromatic heterocycles. The Morgan fingerprint density at radius 2 is 2.26 bits per heavy atom. The Morgan fingerprint density at radius 1 is 1.42 bits per heavy atom. The van der Waals surface area contributed by atoms with Crippen LogP contribution < -0.4 is 15.6 Å². The van der Waals surface area contributed by atoms with Gasteiger partial charge in [0.2, 0.25) is 0 Å². The summed E-state index contributed by atoms with van der Waals surface area (Å²) in [5.41, 5.74) is 7.39. The Bertz CT molecular complexity index is 478. The molecule has 0 spiro atoms. The first-order valence-corrected chi connectivity index (χ1v) is 6.70. The molecule has 102 valence electrons. The van der Waals surface area contributed by atoms with Gasteiger partial charge in [-0.05, 0) is 19.4 Å². The maximum absolute atomic E-state index is 12.0. The normalized spacial score (nSPS) is 28.8. The van der Waals surface area contributed by atoms with Crippen LogP contribution in [0.25, 0.3) is 0 Å². The Hall–Kier alpha value is -1.59. The lowest BCUT2D eigenvalue weighted by Crippen LogP contribution is -2.40. The van der Waals surface area contributed by atoms with Gasteiger partial charge in [0.15, 0.2) is 0 Å². The van der Waals surface area contributed by atoms with Crippen LogP contribution in [-0.2, 0) is 9.53 Å². The number of para-hydroxylation sites is 1. The third-order valence-corrected chi connectivity index (χ3v) is 3.75. The van der Waals surface area contributed by atoms with Crippen molar-refractivity contribution in [3.8, 4) is 5.75 Å². The molecule has 0 amide bonds. The minimum atomic E-state index is -0.306. The number of ether oxygens (including phenoxy) is 2. The predicted molar refractivity (Wildman–Crippen MR) is 69.5 cm³/mol. The minimum Gasteiger partial charge on any atom is -0.493 e. The number of nitrogens with one attached hydrogen (secondary N) is 2. The molecule has 2 aliphatic heterocycles. The zero-order valence-electron chi connectivity index (χ0n) is 10.9. The number of rotatable bonds is 2. The number of hydrogen-bond acceptors (Lipinski definition) is 5. The number of hydrazine groups is 1. The average molecular weight is 262 g/mol.